The van der Waals surface area contributed by atoms with Gasteiger partial charge in [0.25, 0.3) is 0 Å². The third kappa shape index (κ3) is 6.04. The second-order valence-corrected chi connectivity index (χ2v) is 7.94. The fraction of sp³-hybridized carbons (Fsp3) is 0.316. The van der Waals surface area contributed by atoms with Crippen molar-refractivity contribution in [1.82, 2.24) is 4.31 Å². The third-order valence-electron chi connectivity index (χ3n) is 4.21. The molecule has 0 aliphatic heterocycles. The highest BCUT2D eigenvalue weighted by molar-refractivity contribution is 7.89. The van der Waals surface area contributed by atoms with E-state index in [0.717, 1.165) is 5.56 Å². The second kappa shape index (κ2) is 10.4. The van der Waals surface area contributed by atoms with Crippen LogP contribution in [0, 0.1) is 0 Å². The molecule has 1 amide bonds. The van der Waals surface area contributed by atoms with Gasteiger partial charge in [-0.1, -0.05) is 30.3 Å². The summed E-state index contributed by atoms with van der Waals surface area (Å²) in [6.07, 6.45) is 0.616. The van der Waals surface area contributed by atoms with E-state index in [2.05, 4.69) is 0 Å². The normalized spacial score (nSPS) is 11.1. The molecule has 0 atom stereocenters. The lowest BCUT2D eigenvalue weighted by molar-refractivity contribution is -0.116. The molecule has 0 fully saturated rings. The van der Waals surface area contributed by atoms with Gasteiger partial charge >= 0.3 is 0 Å². The summed E-state index contributed by atoms with van der Waals surface area (Å²) in [5, 5.41) is 0. The van der Waals surface area contributed by atoms with E-state index in [9.17, 15) is 13.2 Å². The summed E-state index contributed by atoms with van der Waals surface area (Å²) >= 11 is 0. The topological polar surface area (TPSA) is 83.7 Å². The zero-order valence-electron chi connectivity index (χ0n) is 15.5. The first-order chi connectivity index (χ1) is 12.4. The predicted octanol–water partition coefficient (Wildman–Crippen LogP) is 2.28. The van der Waals surface area contributed by atoms with Crippen LogP contribution < -0.4 is 10.6 Å². The van der Waals surface area contributed by atoms with Crippen molar-refractivity contribution in [2.75, 3.05) is 31.6 Å². The summed E-state index contributed by atoms with van der Waals surface area (Å²) < 4.78 is 27.3. The summed E-state index contributed by atoms with van der Waals surface area (Å²) in [5.74, 6) is -0.117. The van der Waals surface area contributed by atoms with Crippen LogP contribution in [0.4, 0.5) is 5.69 Å². The average Bonchev–Trinajstić information content (AvgIpc) is 2.65. The number of sulfonamides is 1. The van der Waals surface area contributed by atoms with E-state index >= 15 is 0 Å². The quantitative estimate of drug-likeness (QED) is 0.722. The monoisotopic (exact) mass is 411 g/mol. The molecule has 0 aromatic heterocycles. The maximum atomic E-state index is 12.9. The fourth-order valence-electron chi connectivity index (χ4n) is 2.57. The summed E-state index contributed by atoms with van der Waals surface area (Å²) in [6, 6.07) is 16.0. The van der Waals surface area contributed by atoms with Crippen molar-refractivity contribution < 1.29 is 13.2 Å². The van der Waals surface area contributed by atoms with Gasteiger partial charge in [0.2, 0.25) is 15.9 Å². The van der Waals surface area contributed by atoms with Crippen LogP contribution in [0.5, 0.6) is 0 Å². The van der Waals surface area contributed by atoms with Crippen LogP contribution >= 0.6 is 12.4 Å². The number of nitrogens with zero attached hydrogens (tertiary/aromatic N) is 2. The molecule has 0 bridgehead atoms. The Hall–Kier alpha value is -1.93. The van der Waals surface area contributed by atoms with Crippen LogP contribution in [-0.2, 0) is 21.2 Å². The van der Waals surface area contributed by atoms with Gasteiger partial charge in [0.05, 0.1) is 4.90 Å². The highest BCUT2D eigenvalue weighted by atomic mass is 35.5. The van der Waals surface area contributed by atoms with Gasteiger partial charge in [-0.05, 0) is 36.2 Å². The SMILES string of the molecule is CC(=O)N(C)c1ccc(S(=O)(=O)N(CCN)CCc2ccccc2)cc1.Cl. The summed E-state index contributed by atoms with van der Waals surface area (Å²) in [5.41, 5.74) is 7.34. The van der Waals surface area contributed by atoms with Crippen molar-refractivity contribution in [1.29, 1.82) is 0 Å². The van der Waals surface area contributed by atoms with Crippen LogP contribution in [0.25, 0.3) is 0 Å². The van der Waals surface area contributed by atoms with Gasteiger partial charge in [-0.2, -0.15) is 4.31 Å². The zero-order valence-corrected chi connectivity index (χ0v) is 17.2. The van der Waals surface area contributed by atoms with E-state index in [4.69, 9.17) is 5.73 Å². The Morgan fingerprint density at radius 2 is 1.59 bits per heavy atom. The highest BCUT2D eigenvalue weighted by Crippen LogP contribution is 2.20. The molecule has 27 heavy (non-hydrogen) atoms. The lowest BCUT2D eigenvalue weighted by Crippen LogP contribution is -2.37. The largest absolute Gasteiger partial charge is 0.329 e. The molecule has 6 nitrogen and oxygen atoms in total. The van der Waals surface area contributed by atoms with Crippen LogP contribution in [0.2, 0.25) is 0 Å². The summed E-state index contributed by atoms with van der Waals surface area (Å²) in [6.45, 7) is 2.32. The lowest BCUT2D eigenvalue weighted by atomic mass is 10.1. The number of halogens is 1. The number of benzene rings is 2. The Labute approximate surface area is 167 Å². The molecule has 0 aliphatic carbocycles. The molecular weight excluding hydrogens is 386 g/mol. The van der Waals surface area contributed by atoms with E-state index in [1.54, 1.807) is 19.2 Å². The van der Waals surface area contributed by atoms with Crippen molar-refractivity contribution in [3.63, 3.8) is 0 Å². The lowest BCUT2D eigenvalue weighted by Gasteiger charge is -2.22. The van der Waals surface area contributed by atoms with Crippen LogP contribution in [-0.4, -0.2) is 45.3 Å². The Balaban J connectivity index is 0.00000364. The predicted molar refractivity (Wildman–Crippen MR) is 111 cm³/mol. The molecular formula is C19H26ClN3O3S. The Bertz CT molecular complexity index is 827. The number of carbonyl (C=O) groups excluding carboxylic acids is 1. The molecule has 2 aromatic carbocycles. The molecule has 0 aliphatic rings. The second-order valence-electron chi connectivity index (χ2n) is 6.00. The van der Waals surface area contributed by atoms with Gasteiger partial charge in [-0.25, -0.2) is 8.42 Å². The minimum Gasteiger partial charge on any atom is -0.329 e. The third-order valence-corrected chi connectivity index (χ3v) is 6.12. The maximum absolute atomic E-state index is 12.9. The smallest absolute Gasteiger partial charge is 0.243 e. The van der Waals surface area contributed by atoms with E-state index in [1.807, 2.05) is 30.3 Å². The Morgan fingerprint density at radius 3 is 2.11 bits per heavy atom. The molecule has 0 heterocycles. The van der Waals surface area contributed by atoms with E-state index < -0.39 is 10.0 Å². The standard InChI is InChI=1S/C19H25N3O3S.ClH/c1-16(23)21(2)18-8-10-19(11-9-18)26(24,25)22(15-13-20)14-12-17-6-4-3-5-7-17;/h3-11H,12-15,20H2,1-2H3;1H. The molecule has 2 rings (SSSR count). The van der Waals surface area contributed by atoms with E-state index in [0.29, 0.717) is 18.7 Å². The maximum Gasteiger partial charge on any atom is 0.243 e. The average molecular weight is 412 g/mol. The molecule has 8 heteroatoms. The zero-order chi connectivity index (χ0) is 19.2. The molecule has 148 valence electrons. The molecule has 0 radical (unpaired) electrons. The number of amides is 1. The number of hydrogen-bond donors (Lipinski definition) is 1. The summed E-state index contributed by atoms with van der Waals surface area (Å²) in [7, 11) is -2.00. The molecule has 0 saturated heterocycles. The first-order valence-corrected chi connectivity index (χ1v) is 9.88. The van der Waals surface area contributed by atoms with Crippen LogP contribution in [0.15, 0.2) is 59.5 Å². The first kappa shape index (κ1) is 23.1. The molecule has 0 saturated carbocycles. The molecule has 0 unspecified atom stereocenters. The number of nitrogens with two attached hydrogens (primary N) is 1. The van der Waals surface area contributed by atoms with Crippen molar-refractivity contribution >= 4 is 34.0 Å². The molecule has 0 spiro atoms. The van der Waals surface area contributed by atoms with Gasteiger partial charge in [0, 0.05) is 39.3 Å². The summed E-state index contributed by atoms with van der Waals surface area (Å²) in [4.78, 5) is 13.1. The fourth-order valence-corrected chi connectivity index (χ4v) is 4.02. The van der Waals surface area contributed by atoms with Crippen molar-refractivity contribution in [3.05, 3.63) is 60.2 Å². The van der Waals surface area contributed by atoms with Gasteiger partial charge in [0.1, 0.15) is 0 Å². The van der Waals surface area contributed by atoms with E-state index in [1.165, 1.54) is 28.3 Å². The van der Waals surface area contributed by atoms with Gasteiger partial charge in [-0.15, -0.1) is 12.4 Å². The van der Waals surface area contributed by atoms with E-state index in [-0.39, 0.29) is 36.3 Å². The first-order valence-electron chi connectivity index (χ1n) is 8.44. The number of anilines is 1. The Kier molecular flexibility index (Phi) is 8.92. The Morgan fingerprint density at radius 1 is 1.00 bits per heavy atom. The minimum atomic E-state index is -3.65. The molecule has 2 N–H and O–H groups in total. The van der Waals surface area contributed by atoms with Crippen molar-refractivity contribution in [2.24, 2.45) is 5.73 Å². The number of hydrogen-bond acceptors (Lipinski definition) is 4. The number of rotatable bonds is 8. The van der Waals surface area contributed by atoms with Crippen molar-refractivity contribution in [3.8, 4) is 0 Å². The minimum absolute atomic E-state index is 0. The van der Waals surface area contributed by atoms with Crippen LogP contribution in [0.1, 0.15) is 12.5 Å². The highest BCUT2D eigenvalue weighted by Gasteiger charge is 2.23. The van der Waals surface area contributed by atoms with Crippen LogP contribution in [0.3, 0.4) is 0 Å². The van der Waals surface area contributed by atoms with Gasteiger partial charge in [-0.3, -0.25) is 4.79 Å². The number of carbonyl (C=O) groups is 1. The van der Waals surface area contributed by atoms with Gasteiger partial charge < -0.3 is 10.6 Å². The molecule has 2 aromatic rings. The van der Waals surface area contributed by atoms with Gasteiger partial charge in [0.15, 0.2) is 0 Å². The van der Waals surface area contributed by atoms with Crippen molar-refractivity contribution in [2.45, 2.75) is 18.2 Å².